The Kier molecular flexibility index (Phi) is 3.35. The third kappa shape index (κ3) is 3.03. The van der Waals surface area contributed by atoms with Crippen LogP contribution in [0.5, 0.6) is 0 Å². The molecule has 108 valence electrons. The van der Waals surface area contributed by atoms with Crippen LogP contribution in [0.1, 0.15) is 12.5 Å². The largest absolute Gasteiger partial charge is 0.335 e. The molecular weight excluding hydrogens is 264 g/mol. The fourth-order valence-corrected chi connectivity index (χ4v) is 2.40. The standard InChI is InChI=1S/C16H18N4O/c1-16(17)11-19(12-16)15(21)8-7-13-9-18-20(10-13)14-5-3-2-4-6-14/h2-10H,11-12,17H2,1H3. The van der Waals surface area contributed by atoms with Crippen molar-refractivity contribution in [1.82, 2.24) is 14.7 Å². The van der Waals surface area contributed by atoms with Crippen molar-refractivity contribution >= 4 is 12.0 Å². The smallest absolute Gasteiger partial charge is 0.246 e. The number of para-hydroxylation sites is 1. The zero-order valence-corrected chi connectivity index (χ0v) is 11.9. The maximum absolute atomic E-state index is 11.9. The molecule has 0 radical (unpaired) electrons. The van der Waals surface area contributed by atoms with Crippen LogP contribution in [0.15, 0.2) is 48.8 Å². The van der Waals surface area contributed by atoms with Gasteiger partial charge >= 0.3 is 0 Å². The van der Waals surface area contributed by atoms with E-state index in [2.05, 4.69) is 5.10 Å². The maximum atomic E-state index is 11.9. The second kappa shape index (κ2) is 5.18. The normalized spacial score (nSPS) is 17.0. The number of benzene rings is 1. The lowest BCUT2D eigenvalue weighted by atomic mass is 9.94. The fourth-order valence-electron chi connectivity index (χ4n) is 2.40. The molecule has 1 aliphatic rings. The van der Waals surface area contributed by atoms with Crippen LogP contribution in [0, 0.1) is 0 Å². The van der Waals surface area contributed by atoms with Gasteiger partial charge in [-0.2, -0.15) is 5.10 Å². The number of likely N-dealkylation sites (tertiary alicyclic amines) is 1. The van der Waals surface area contributed by atoms with Crippen LogP contribution in [-0.4, -0.2) is 39.2 Å². The van der Waals surface area contributed by atoms with Crippen molar-refractivity contribution in [3.05, 3.63) is 54.4 Å². The molecule has 0 saturated carbocycles. The molecule has 1 amide bonds. The van der Waals surface area contributed by atoms with Gasteiger partial charge in [0.1, 0.15) is 0 Å². The van der Waals surface area contributed by atoms with E-state index in [0.29, 0.717) is 13.1 Å². The van der Waals surface area contributed by atoms with Gasteiger partial charge in [-0.25, -0.2) is 4.68 Å². The summed E-state index contributed by atoms with van der Waals surface area (Å²) in [5.74, 6) is -0.00890. The Morgan fingerprint density at radius 2 is 2.05 bits per heavy atom. The Labute approximate surface area is 123 Å². The Morgan fingerprint density at radius 1 is 1.33 bits per heavy atom. The van der Waals surface area contributed by atoms with Crippen LogP contribution in [0.4, 0.5) is 0 Å². The van der Waals surface area contributed by atoms with Crippen molar-refractivity contribution in [2.45, 2.75) is 12.5 Å². The molecule has 0 bridgehead atoms. The second-order valence-electron chi connectivity index (χ2n) is 5.74. The molecule has 1 saturated heterocycles. The number of rotatable bonds is 3. The minimum atomic E-state index is -0.234. The molecule has 1 aromatic heterocycles. The summed E-state index contributed by atoms with van der Waals surface area (Å²) in [6.07, 6.45) is 6.98. The lowest BCUT2D eigenvalue weighted by Gasteiger charge is -2.44. The third-order valence-corrected chi connectivity index (χ3v) is 3.46. The summed E-state index contributed by atoms with van der Waals surface area (Å²) in [5.41, 5.74) is 7.54. The minimum Gasteiger partial charge on any atom is -0.335 e. The van der Waals surface area contributed by atoms with Crippen LogP contribution in [0.3, 0.4) is 0 Å². The van der Waals surface area contributed by atoms with E-state index in [1.807, 2.05) is 43.5 Å². The summed E-state index contributed by atoms with van der Waals surface area (Å²) in [7, 11) is 0. The quantitative estimate of drug-likeness (QED) is 0.867. The number of hydrogen-bond donors (Lipinski definition) is 1. The summed E-state index contributed by atoms with van der Waals surface area (Å²) in [6, 6.07) is 9.85. The van der Waals surface area contributed by atoms with E-state index in [4.69, 9.17) is 5.73 Å². The Bertz CT molecular complexity index is 665. The van der Waals surface area contributed by atoms with Gasteiger partial charge in [0, 0.05) is 36.5 Å². The molecule has 1 aliphatic heterocycles. The van der Waals surface area contributed by atoms with Gasteiger partial charge in [0.25, 0.3) is 0 Å². The lowest BCUT2D eigenvalue weighted by molar-refractivity contribution is -0.132. The van der Waals surface area contributed by atoms with Crippen LogP contribution in [-0.2, 0) is 4.79 Å². The molecule has 5 heteroatoms. The molecule has 2 aromatic rings. The number of amides is 1. The molecule has 0 atom stereocenters. The number of carbonyl (C=O) groups is 1. The van der Waals surface area contributed by atoms with Crippen molar-refractivity contribution in [2.24, 2.45) is 5.73 Å². The predicted octanol–water partition coefficient (Wildman–Crippen LogP) is 1.45. The second-order valence-corrected chi connectivity index (χ2v) is 5.74. The van der Waals surface area contributed by atoms with E-state index in [-0.39, 0.29) is 11.4 Å². The monoisotopic (exact) mass is 282 g/mol. The first kappa shape index (κ1) is 13.6. The van der Waals surface area contributed by atoms with E-state index in [9.17, 15) is 4.79 Å². The summed E-state index contributed by atoms with van der Waals surface area (Å²) in [5, 5.41) is 4.29. The van der Waals surface area contributed by atoms with E-state index in [1.54, 1.807) is 27.9 Å². The van der Waals surface area contributed by atoms with Crippen LogP contribution < -0.4 is 5.73 Å². The van der Waals surface area contributed by atoms with E-state index in [1.165, 1.54) is 0 Å². The van der Waals surface area contributed by atoms with Gasteiger partial charge in [-0.05, 0) is 25.1 Å². The van der Waals surface area contributed by atoms with Crippen molar-refractivity contribution in [3.63, 3.8) is 0 Å². The van der Waals surface area contributed by atoms with Gasteiger partial charge in [0.05, 0.1) is 11.9 Å². The third-order valence-electron chi connectivity index (χ3n) is 3.46. The molecule has 1 aromatic carbocycles. The summed E-state index contributed by atoms with van der Waals surface area (Å²) < 4.78 is 1.78. The highest BCUT2D eigenvalue weighted by Crippen LogP contribution is 2.17. The highest BCUT2D eigenvalue weighted by molar-refractivity contribution is 5.92. The molecule has 1 fully saturated rings. The van der Waals surface area contributed by atoms with Gasteiger partial charge in [-0.1, -0.05) is 18.2 Å². The molecule has 21 heavy (non-hydrogen) atoms. The first-order chi connectivity index (χ1) is 10.0. The molecular formula is C16H18N4O. The van der Waals surface area contributed by atoms with Gasteiger partial charge in [0.2, 0.25) is 5.91 Å². The number of hydrogen-bond acceptors (Lipinski definition) is 3. The van der Waals surface area contributed by atoms with Gasteiger partial charge < -0.3 is 10.6 Å². The number of nitrogens with two attached hydrogens (primary N) is 1. The predicted molar refractivity (Wildman–Crippen MR) is 81.8 cm³/mol. The molecule has 3 rings (SSSR count). The van der Waals surface area contributed by atoms with Crippen molar-refractivity contribution < 1.29 is 4.79 Å². The minimum absolute atomic E-state index is 0.00890. The SMILES string of the molecule is CC1(N)CN(C(=O)C=Cc2cnn(-c3ccccc3)c2)C1. The summed E-state index contributed by atoms with van der Waals surface area (Å²) in [4.78, 5) is 13.7. The van der Waals surface area contributed by atoms with E-state index >= 15 is 0 Å². The van der Waals surface area contributed by atoms with Crippen molar-refractivity contribution in [3.8, 4) is 5.69 Å². The van der Waals surface area contributed by atoms with Crippen LogP contribution in [0.2, 0.25) is 0 Å². The lowest BCUT2D eigenvalue weighted by Crippen LogP contribution is -2.66. The Morgan fingerprint density at radius 3 is 2.71 bits per heavy atom. The number of aromatic nitrogens is 2. The van der Waals surface area contributed by atoms with Crippen LogP contribution >= 0.6 is 0 Å². The maximum Gasteiger partial charge on any atom is 0.246 e. The fraction of sp³-hybridized carbons (Fsp3) is 0.250. The van der Waals surface area contributed by atoms with Crippen molar-refractivity contribution in [2.75, 3.05) is 13.1 Å². The average Bonchev–Trinajstić information content (AvgIpc) is 2.92. The van der Waals surface area contributed by atoms with Crippen molar-refractivity contribution in [1.29, 1.82) is 0 Å². The zero-order chi connectivity index (χ0) is 14.9. The summed E-state index contributed by atoms with van der Waals surface area (Å²) in [6.45, 7) is 3.17. The number of nitrogens with zero attached hydrogens (tertiary/aromatic N) is 3. The first-order valence-electron chi connectivity index (χ1n) is 6.89. The van der Waals surface area contributed by atoms with Gasteiger partial charge in [0.15, 0.2) is 0 Å². The highest BCUT2D eigenvalue weighted by atomic mass is 16.2. The molecule has 5 nitrogen and oxygen atoms in total. The Hall–Kier alpha value is -2.40. The van der Waals surface area contributed by atoms with Crippen LogP contribution in [0.25, 0.3) is 11.8 Å². The highest BCUT2D eigenvalue weighted by Gasteiger charge is 2.36. The molecule has 0 spiro atoms. The molecule has 2 heterocycles. The topological polar surface area (TPSA) is 64.2 Å². The summed E-state index contributed by atoms with van der Waals surface area (Å²) >= 11 is 0. The Balaban J connectivity index is 1.65. The van der Waals surface area contributed by atoms with E-state index < -0.39 is 0 Å². The molecule has 2 N–H and O–H groups in total. The molecule has 0 aliphatic carbocycles. The number of carbonyl (C=O) groups excluding carboxylic acids is 1. The zero-order valence-electron chi connectivity index (χ0n) is 11.9. The van der Waals surface area contributed by atoms with Gasteiger partial charge in [-0.3, -0.25) is 4.79 Å². The van der Waals surface area contributed by atoms with Gasteiger partial charge in [-0.15, -0.1) is 0 Å². The molecule has 0 unspecified atom stereocenters. The first-order valence-corrected chi connectivity index (χ1v) is 6.89. The van der Waals surface area contributed by atoms with E-state index in [0.717, 1.165) is 11.3 Å². The average molecular weight is 282 g/mol.